The van der Waals surface area contributed by atoms with Crippen molar-refractivity contribution in [2.75, 3.05) is 13.7 Å². The van der Waals surface area contributed by atoms with Crippen LogP contribution in [0.2, 0.25) is 0 Å². The van der Waals surface area contributed by atoms with Gasteiger partial charge in [-0.15, -0.1) is 11.3 Å². The summed E-state index contributed by atoms with van der Waals surface area (Å²) in [5.41, 5.74) is 2.51. The molecule has 0 spiro atoms. The molecule has 4 nitrogen and oxygen atoms in total. The normalized spacial score (nSPS) is 15.7. The van der Waals surface area contributed by atoms with E-state index in [1.807, 2.05) is 17.4 Å². The number of fused-ring (bicyclic) bond motifs is 1. The van der Waals surface area contributed by atoms with Gasteiger partial charge in [-0.1, -0.05) is 13.0 Å². The fourth-order valence-electron chi connectivity index (χ4n) is 3.22. The van der Waals surface area contributed by atoms with Crippen molar-refractivity contribution in [3.63, 3.8) is 0 Å². The van der Waals surface area contributed by atoms with E-state index in [9.17, 15) is 0 Å². The Balaban J connectivity index is 1.68. The number of hydrogen-bond acceptors (Lipinski definition) is 5. The number of methoxy groups -OCH3 is 1. The van der Waals surface area contributed by atoms with E-state index in [1.165, 1.54) is 34.0 Å². The molecule has 0 radical (unpaired) electrons. The van der Waals surface area contributed by atoms with Crippen molar-refractivity contribution in [2.24, 2.45) is 0 Å². The summed E-state index contributed by atoms with van der Waals surface area (Å²) in [6, 6.07) is 6.64. The Kier molecular flexibility index (Phi) is 5.97. The minimum Gasteiger partial charge on any atom is -0.493 e. The summed E-state index contributed by atoms with van der Waals surface area (Å²) < 4.78 is 11.2. The van der Waals surface area contributed by atoms with Gasteiger partial charge in [0.15, 0.2) is 11.5 Å². The number of thiazole rings is 1. The van der Waals surface area contributed by atoms with Crippen LogP contribution in [0.15, 0.2) is 18.2 Å². The molecule has 1 aliphatic carbocycles. The monoisotopic (exact) mass is 360 g/mol. The second-order valence-corrected chi connectivity index (χ2v) is 7.76. The van der Waals surface area contributed by atoms with Crippen LogP contribution in [0.3, 0.4) is 0 Å². The van der Waals surface area contributed by atoms with Gasteiger partial charge < -0.3 is 14.8 Å². The number of benzene rings is 1. The van der Waals surface area contributed by atoms with Gasteiger partial charge in [-0.25, -0.2) is 4.98 Å². The van der Waals surface area contributed by atoms with E-state index in [2.05, 4.69) is 38.2 Å². The minimum atomic E-state index is 0.211. The van der Waals surface area contributed by atoms with Crippen LogP contribution in [0.25, 0.3) is 0 Å². The maximum absolute atomic E-state index is 5.74. The SMILES string of the molecule is CCCOc1ccc(C(C)NC(C)c2nc3c(s2)CCC3)cc1OC. The third-order valence-electron chi connectivity index (χ3n) is 4.63. The molecule has 0 saturated carbocycles. The summed E-state index contributed by atoms with van der Waals surface area (Å²) in [4.78, 5) is 6.31. The van der Waals surface area contributed by atoms with Gasteiger partial charge in [0.2, 0.25) is 0 Å². The van der Waals surface area contributed by atoms with Gasteiger partial charge in [0, 0.05) is 10.9 Å². The molecule has 0 amide bonds. The van der Waals surface area contributed by atoms with Crippen molar-refractivity contribution >= 4 is 11.3 Å². The molecule has 5 heteroatoms. The van der Waals surface area contributed by atoms with Gasteiger partial charge in [0.25, 0.3) is 0 Å². The molecule has 1 aromatic heterocycles. The first kappa shape index (κ1) is 18.2. The topological polar surface area (TPSA) is 43.4 Å². The molecule has 2 unspecified atom stereocenters. The van der Waals surface area contributed by atoms with E-state index in [0.717, 1.165) is 24.3 Å². The van der Waals surface area contributed by atoms with Crippen LogP contribution < -0.4 is 14.8 Å². The molecule has 0 saturated heterocycles. The van der Waals surface area contributed by atoms with Gasteiger partial charge in [0.05, 0.1) is 25.5 Å². The quantitative estimate of drug-likeness (QED) is 0.731. The van der Waals surface area contributed by atoms with Crippen LogP contribution in [-0.4, -0.2) is 18.7 Å². The number of rotatable bonds is 8. The number of nitrogens with one attached hydrogen (secondary N) is 1. The zero-order valence-corrected chi connectivity index (χ0v) is 16.4. The van der Waals surface area contributed by atoms with Crippen molar-refractivity contribution in [1.29, 1.82) is 0 Å². The van der Waals surface area contributed by atoms with E-state index in [-0.39, 0.29) is 12.1 Å². The lowest BCUT2D eigenvalue weighted by atomic mass is 10.1. The molecule has 0 fully saturated rings. The van der Waals surface area contributed by atoms with Gasteiger partial charge in [-0.3, -0.25) is 0 Å². The molecule has 2 aromatic rings. The molecule has 1 aliphatic rings. The number of aryl methyl sites for hydroxylation is 2. The summed E-state index contributed by atoms with van der Waals surface area (Å²) in [6.07, 6.45) is 4.59. The average molecular weight is 361 g/mol. The van der Waals surface area contributed by atoms with E-state index in [1.54, 1.807) is 7.11 Å². The fourth-order valence-corrected chi connectivity index (χ4v) is 4.39. The van der Waals surface area contributed by atoms with E-state index >= 15 is 0 Å². The first-order valence-corrected chi connectivity index (χ1v) is 9.99. The predicted octanol–water partition coefficient (Wildman–Crippen LogP) is 4.84. The van der Waals surface area contributed by atoms with Crippen molar-refractivity contribution in [3.8, 4) is 11.5 Å². The zero-order valence-electron chi connectivity index (χ0n) is 15.6. The Morgan fingerprint density at radius 3 is 2.76 bits per heavy atom. The van der Waals surface area contributed by atoms with Crippen molar-refractivity contribution in [1.82, 2.24) is 10.3 Å². The Bertz CT molecular complexity index is 692. The largest absolute Gasteiger partial charge is 0.493 e. The molecule has 136 valence electrons. The van der Waals surface area contributed by atoms with Crippen molar-refractivity contribution in [2.45, 2.75) is 58.5 Å². The molecule has 3 rings (SSSR count). The highest BCUT2D eigenvalue weighted by Crippen LogP contribution is 2.33. The van der Waals surface area contributed by atoms with Gasteiger partial charge >= 0.3 is 0 Å². The summed E-state index contributed by atoms with van der Waals surface area (Å²) in [5.74, 6) is 1.60. The van der Waals surface area contributed by atoms with Crippen LogP contribution in [0.1, 0.15) is 66.8 Å². The lowest BCUT2D eigenvalue weighted by molar-refractivity contribution is 0.294. The first-order valence-electron chi connectivity index (χ1n) is 9.17. The van der Waals surface area contributed by atoms with E-state index in [4.69, 9.17) is 14.5 Å². The van der Waals surface area contributed by atoms with Crippen molar-refractivity contribution < 1.29 is 9.47 Å². The maximum Gasteiger partial charge on any atom is 0.161 e. The number of aromatic nitrogens is 1. The molecule has 1 N–H and O–H groups in total. The maximum atomic E-state index is 5.74. The Morgan fingerprint density at radius 2 is 2.04 bits per heavy atom. The van der Waals surface area contributed by atoms with Crippen LogP contribution in [0.5, 0.6) is 11.5 Å². The number of ether oxygens (including phenoxy) is 2. The molecular formula is C20H28N2O2S. The third kappa shape index (κ3) is 4.15. The molecule has 0 aliphatic heterocycles. The van der Waals surface area contributed by atoms with Crippen LogP contribution in [-0.2, 0) is 12.8 Å². The highest BCUT2D eigenvalue weighted by Gasteiger charge is 2.21. The number of hydrogen-bond donors (Lipinski definition) is 1. The van der Waals surface area contributed by atoms with Crippen LogP contribution in [0.4, 0.5) is 0 Å². The van der Waals surface area contributed by atoms with Gasteiger partial charge in [0.1, 0.15) is 5.01 Å². The smallest absolute Gasteiger partial charge is 0.161 e. The second-order valence-electron chi connectivity index (χ2n) is 6.64. The molecule has 1 aromatic carbocycles. The lowest BCUT2D eigenvalue weighted by Gasteiger charge is -2.20. The summed E-state index contributed by atoms with van der Waals surface area (Å²) in [6.45, 7) is 7.18. The highest BCUT2D eigenvalue weighted by molar-refractivity contribution is 7.11. The number of nitrogens with zero attached hydrogens (tertiary/aromatic N) is 1. The van der Waals surface area contributed by atoms with E-state index < -0.39 is 0 Å². The van der Waals surface area contributed by atoms with Gasteiger partial charge in [-0.05, 0) is 57.2 Å². The Hall–Kier alpha value is -1.59. The lowest BCUT2D eigenvalue weighted by Crippen LogP contribution is -2.22. The summed E-state index contributed by atoms with van der Waals surface area (Å²) in [7, 11) is 1.69. The Labute approximate surface area is 154 Å². The summed E-state index contributed by atoms with van der Waals surface area (Å²) in [5, 5.41) is 4.87. The van der Waals surface area contributed by atoms with Crippen LogP contribution in [0, 0.1) is 0 Å². The molecule has 25 heavy (non-hydrogen) atoms. The highest BCUT2D eigenvalue weighted by atomic mass is 32.1. The molecule has 2 atom stereocenters. The molecule has 1 heterocycles. The van der Waals surface area contributed by atoms with Crippen molar-refractivity contribution in [3.05, 3.63) is 39.3 Å². The minimum absolute atomic E-state index is 0.211. The van der Waals surface area contributed by atoms with Crippen LogP contribution >= 0.6 is 11.3 Å². The first-order chi connectivity index (χ1) is 12.1. The Morgan fingerprint density at radius 1 is 1.20 bits per heavy atom. The third-order valence-corrected chi connectivity index (χ3v) is 5.97. The zero-order chi connectivity index (χ0) is 17.8. The summed E-state index contributed by atoms with van der Waals surface area (Å²) >= 11 is 1.87. The van der Waals surface area contributed by atoms with Gasteiger partial charge in [-0.2, -0.15) is 0 Å². The standard InChI is InChI=1S/C20H28N2O2S/c1-5-11-24-17-10-9-15(12-18(17)23-4)13(2)21-14(3)20-22-16-7-6-8-19(16)25-20/h9-10,12-14,21H,5-8,11H2,1-4H3. The van der Waals surface area contributed by atoms with E-state index in [0.29, 0.717) is 6.61 Å². The molecule has 0 bridgehead atoms. The average Bonchev–Trinajstić information content (AvgIpc) is 3.21. The fraction of sp³-hybridized carbons (Fsp3) is 0.550. The molecular weight excluding hydrogens is 332 g/mol. The predicted molar refractivity (Wildman–Crippen MR) is 103 cm³/mol. The second kappa shape index (κ2) is 8.19.